The van der Waals surface area contributed by atoms with Gasteiger partial charge < -0.3 is 14.8 Å². The standard InChI is InChI=1S/C17H17NO4S/c1-9-6-4-5-7-11(9)13-14-12(8-23-16(14)19)18-10(2)15(13)22-17(20)21-3/h4-7,13,18H,8H2,1-3H3. The molecule has 23 heavy (non-hydrogen) atoms. The van der Waals surface area contributed by atoms with Crippen LogP contribution in [0.3, 0.4) is 0 Å². The molecule has 1 aromatic rings. The molecule has 0 aliphatic carbocycles. The van der Waals surface area contributed by atoms with Crippen LogP contribution in [0.15, 0.2) is 47.0 Å². The minimum atomic E-state index is -0.790. The minimum Gasteiger partial charge on any atom is -0.437 e. The number of nitrogens with one attached hydrogen (secondary N) is 1. The summed E-state index contributed by atoms with van der Waals surface area (Å²) >= 11 is 1.26. The third-order valence-electron chi connectivity index (χ3n) is 4.01. The normalized spacial score (nSPS) is 20.3. The average Bonchev–Trinajstić information content (AvgIpc) is 2.89. The second-order valence-electron chi connectivity index (χ2n) is 5.43. The number of thioether (sulfide) groups is 1. The number of hydrogen-bond acceptors (Lipinski definition) is 6. The number of benzene rings is 1. The van der Waals surface area contributed by atoms with Crippen molar-refractivity contribution in [3.8, 4) is 0 Å². The number of hydrogen-bond donors (Lipinski definition) is 1. The van der Waals surface area contributed by atoms with Gasteiger partial charge in [0.05, 0.1) is 18.7 Å². The molecule has 0 bridgehead atoms. The van der Waals surface area contributed by atoms with Crippen molar-refractivity contribution in [1.82, 2.24) is 5.32 Å². The molecule has 2 heterocycles. The summed E-state index contributed by atoms with van der Waals surface area (Å²) in [7, 11) is 1.26. The Hall–Kier alpha value is -2.21. The predicted molar refractivity (Wildman–Crippen MR) is 87.7 cm³/mol. The molecule has 5 nitrogen and oxygen atoms in total. The first-order valence-corrected chi connectivity index (χ1v) is 8.20. The molecule has 2 aliphatic heterocycles. The molecule has 0 saturated heterocycles. The molecule has 0 saturated carbocycles. The summed E-state index contributed by atoms with van der Waals surface area (Å²) in [6, 6.07) is 7.80. The van der Waals surface area contributed by atoms with Crippen molar-refractivity contribution in [3.05, 3.63) is 58.1 Å². The van der Waals surface area contributed by atoms with Gasteiger partial charge in [-0.15, -0.1) is 0 Å². The molecule has 3 rings (SSSR count). The van der Waals surface area contributed by atoms with Gasteiger partial charge in [0.1, 0.15) is 5.76 Å². The highest BCUT2D eigenvalue weighted by Gasteiger charge is 2.40. The first-order valence-electron chi connectivity index (χ1n) is 7.22. The van der Waals surface area contributed by atoms with E-state index in [4.69, 9.17) is 4.74 Å². The van der Waals surface area contributed by atoms with Gasteiger partial charge in [-0.2, -0.15) is 0 Å². The average molecular weight is 331 g/mol. The van der Waals surface area contributed by atoms with Crippen LogP contribution in [0.1, 0.15) is 24.0 Å². The Morgan fingerprint density at radius 1 is 1.30 bits per heavy atom. The van der Waals surface area contributed by atoms with Crippen LogP contribution in [0.4, 0.5) is 4.79 Å². The number of carbonyl (C=O) groups is 2. The van der Waals surface area contributed by atoms with Gasteiger partial charge in [0.25, 0.3) is 0 Å². The van der Waals surface area contributed by atoms with E-state index in [1.54, 1.807) is 0 Å². The smallest absolute Gasteiger partial charge is 0.437 e. The molecule has 0 radical (unpaired) electrons. The topological polar surface area (TPSA) is 64.6 Å². The second kappa shape index (κ2) is 6.12. The lowest BCUT2D eigenvalue weighted by Crippen LogP contribution is -2.28. The summed E-state index contributed by atoms with van der Waals surface area (Å²) in [5, 5.41) is 3.21. The maximum absolute atomic E-state index is 12.4. The predicted octanol–water partition coefficient (Wildman–Crippen LogP) is 3.22. The number of carbonyl (C=O) groups excluding carboxylic acids is 2. The summed E-state index contributed by atoms with van der Waals surface area (Å²) in [4.78, 5) is 24.0. The van der Waals surface area contributed by atoms with Gasteiger partial charge in [0, 0.05) is 17.0 Å². The SMILES string of the molecule is COC(=O)OC1=C(C)NC2=C(C(=O)SC2)C1c1ccccc1C. The van der Waals surface area contributed by atoms with Crippen LogP contribution in [0.25, 0.3) is 0 Å². The van der Waals surface area contributed by atoms with Crippen LogP contribution in [0.5, 0.6) is 0 Å². The van der Waals surface area contributed by atoms with Gasteiger partial charge in [0.15, 0.2) is 0 Å². The number of ether oxygens (including phenoxy) is 2. The number of allylic oxidation sites excluding steroid dienone is 2. The highest BCUT2D eigenvalue weighted by atomic mass is 32.2. The van der Waals surface area contributed by atoms with Crippen LogP contribution in [-0.4, -0.2) is 24.1 Å². The van der Waals surface area contributed by atoms with Gasteiger partial charge in [-0.1, -0.05) is 36.0 Å². The van der Waals surface area contributed by atoms with Crippen molar-refractivity contribution in [2.45, 2.75) is 19.8 Å². The van der Waals surface area contributed by atoms with Crippen LogP contribution in [-0.2, 0) is 14.3 Å². The van der Waals surface area contributed by atoms with Crippen LogP contribution in [0.2, 0.25) is 0 Å². The highest BCUT2D eigenvalue weighted by Crippen LogP contribution is 2.45. The second-order valence-corrected chi connectivity index (χ2v) is 6.38. The summed E-state index contributed by atoms with van der Waals surface area (Å²) in [6.07, 6.45) is -0.790. The zero-order valence-electron chi connectivity index (χ0n) is 13.1. The Morgan fingerprint density at radius 2 is 2.04 bits per heavy atom. The maximum atomic E-state index is 12.4. The molecule has 1 aromatic carbocycles. The van der Waals surface area contributed by atoms with Crippen molar-refractivity contribution in [1.29, 1.82) is 0 Å². The third-order valence-corrected chi connectivity index (χ3v) is 4.93. The molecule has 1 N–H and O–H groups in total. The fraction of sp³-hybridized carbons (Fsp3) is 0.294. The highest BCUT2D eigenvalue weighted by molar-refractivity contribution is 8.14. The van der Waals surface area contributed by atoms with Gasteiger partial charge in [-0.05, 0) is 25.0 Å². The lowest BCUT2D eigenvalue weighted by atomic mass is 9.83. The Bertz CT molecular complexity index is 751. The largest absolute Gasteiger partial charge is 0.513 e. The van der Waals surface area contributed by atoms with E-state index in [9.17, 15) is 9.59 Å². The molecular formula is C17H17NO4S. The lowest BCUT2D eigenvalue weighted by Gasteiger charge is -2.29. The Labute approximate surface area is 138 Å². The summed E-state index contributed by atoms with van der Waals surface area (Å²) in [5.41, 5.74) is 4.26. The molecule has 1 unspecified atom stereocenters. The molecule has 6 heteroatoms. The van der Waals surface area contributed by atoms with E-state index < -0.39 is 12.1 Å². The summed E-state index contributed by atoms with van der Waals surface area (Å²) < 4.78 is 10.0. The number of aryl methyl sites for hydroxylation is 1. The van der Waals surface area contributed by atoms with Gasteiger partial charge in [0.2, 0.25) is 5.12 Å². The van der Waals surface area contributed by atoms with E-state index in [0.29, 0.717) is 17.1 Å². The Morgan fingerprint density at radius 3 is 2.74 bits per heavy atom. The quantitative estimate of drug-likeness (QED) is 0.840. The van der Waals surface area contributed by atoms with E-state index in [0.717, 1.165) is 22.5 Å². The van der Waals surface area contributed by atoms with E-state index in [1.165, 1.54) is 18.9 Å². The molecule has 1 atom stereocenters. The number of dihydropyridines is 1. The molecule has 0 amide bonds. The van der Waals surface area contributed by atoms with Crippen molar-refractivity contribution < 1.29 is 19.1 Å². The monoisotopic (exact) mass is 331 g/mol. The fourth-order valence-electron chi connectivity index (χ4n) is 2.92. The fourth-order valence-corrected chi connectivity index (χ4v) is 3.82. The molecule has 0 aromatic heterocycles. The minimum absolute atomic E-state index is 0.0132. The van der Waals surface area contributed by atoms with Crippen molar-refractivity contribution in [2.75, 3.05) is 12.9 Å². The third kappa shape index (κ3) is 2.74. The zero-order valence-corrected chi connectivity index (χ0v) is 14.0. The van der Waals surface area contributed by atoms with Gasteiger partial charge >= 0.3 is 6.16 Å². The number of rotatable bonds is 2. The Kier molecular flexibility index (Phi) is 4.17. The van der Waals surface area contributed by atoms with Gasteiger partial charge in [-0.25, -0.2) is 4.79 Å². The van der Waals surface area contributed by atoms with E-state index in [1.807, 2.05) is 38.1 Å². The molecule has 2 aliphatic rings. The molecule has 120 valence electrons. The van der Waals surface area contributed by atoms with Crippen molar-refractivity contribution >= 4 is 23.0 Å². The van der Waals surface area contributed by atoms with Gasteiger partial charge in [-0.3, -0.25) is 4.79 Å². The molecule has 0 spiro atoms. The Balaban J connectivity index is 2.14. The van der Waals surface area contributed by atoms with E-state index >= 15 is 0 Å². The maximum Gasteiger partial charge on any atom is 0.513 e. The zero-order chi connectivity index (χ0) is 16.6. The first kappa shape index (κ1) is 15.7. The van der Waals surface area contributed by atoms with Crippen LogP contribution >= 0.6 is 11.8 Å². The summed E-state index contributed by atoms with van der Waals surface area (Å²) in [5.74, 6) is 0.633. The lowest BCUT2D eigenvalue weighted by molar-refractivity contribution is -0.108. The van der Waals surface area contributed by atoms with Crippen molar-refractivity contribution in [2.24, 2.45) is 0 Å². The van der Waals surface area contributed by atoms with Crippen LogP contribution < -0.4 is 5.32 Å². The van der Waals surface area contributed by atoms with Crippen molar-refractivity contribution in [3.63, 3.8) is 0 Å². The van der Waals surface area contributed by atoms with E-state index in [2.05, 4.69) is 10.1 Å². The van der Waals surface area contributed by atoms with E-state index in [-0.39, 0.29) is 5.12 Å². The first-order chi connectivity index (χ1) is 11.0. The molecule has 0 fully saturated rings. The van der Waals surface area contributed by atoms with Crippen LogP contribution in [0, 0.1) is 6.92 Å². The summed E-state index contributed by atoms with van der Waals surface area (Å²) in [6.45, 7) is 3.82. The molecular weight excluding hydrogens is 314 g/mol. The number of methoxy groups -OCH3 is 1.